The Balaban J connectivity index is 1.17. The number of benzene rings is 2. The van der Waals surface area contributed by atoms with E-state index in [2.05, 4.69) is 9.80 Å². The van der Waals surface area contributed by atoms with E-state index in [4.69, 9.17) is 0 Å². The second-order valence-electron chi connectivity index (χ2n) is 16.8. The minimum absolute atomic E-state index is 0.0507. The van der Waals surface area contributed by atoms with E-state index >= 15 is 9.59 Å². The Hall–Kier alpha value is -2.62. The summed E-state index contributed by atoms with van der Waals surface area (Å²) >= 11 is 0. The fourth-order valence-electron chi connectivity index (χ4n) is 13.3. The maximum absolute atomic E-state index is 15.0. The van der Waals surface area contributed by atoms with Crippen LogP contribution in [-0.2, 0) is 0 Å². The molecule has 0 saturated heterocycles. The van der Waals surface area contributed by atoms with Gasteiger partial charge in [-0.15, -0.1) is 0 Å². The molecule has 9 aliphatic carbocycles. The van der Waals surface area contributed by atoms with Crippen LogP contribution in [0, 0.1) is 35.5 Å². The average Bonchev–Trinajstić information content (AvgIpc) is 3.01. The molecule has 4 nitrogen and oxygen atoms in total. The van der Waals surface area contributed by atoms with Crippen molar-refractivity contribution in [3.8, 4) is 0 Å². The Labute approximate surface area is 264 Å². The van der Waals surface area contributed by atoms with Crippen molar-refractivity contribution in [2.45, 2.75) is 126 Å². The SMILES string of the molecule is O=C(c1ccccc1)N(C1CCCCC1N(C(=O)c1ccccc1)C12CC3CC(CC(C3)C1)C2)C12CC3CC(CC(C3)C1)C2. The number of carbonyl (C=O) groups excluding carboxylic acids is 2. The Bertz CT molecular complexity index is 1220. The Morgan fingerprint density at radius 1 is 0.477 bits per heavy atom. The first kappa shape index (κ1) is 27.7. The highest BCUT2D eigenvalue weighted by Crippen LogP contribution is 2.61. The van der Waals surface area contributed by atoms with Crippen molar-refractivity contribution >= 4 is 11.8 Å². The van der Waals surface area contributed by atoms with Gasteiger partial charge in [0.2, 0.25) is 0 Å². The molecule has 232 valence electrons. The lowest BCUT2D eigenvalue weighted by Crippen LogP contribution is -2.71. The summed E-state index contributed by atoms with van der Waals surface area (Å²) in [7, 11) is 0. The summed E-state index contributed by atoms with van der Waals surface area (Å²) in [5, 5.41) is 0. The van der Waals surface area contributed by atoms with Gasteiger partial charge in [-0.3, -0.25) is 9.59 Å². The van der Waals surface area contributed by atoms with Crippen LogP contribution in [0.3, 0.4) is 0 Å². The minimum atomic E-state index is -0.0507. The van der Waals surface area contributed by atoms with Gasteiger partial charge < -0.3 is 9.80 Å². The van der Waals surface area contributed by atoms with E-state index in [9.17, 15) is 0 Å². The molecule has 8 bridgehead atoms. The number of hydrogen-bond acceptors (Lipinski definition) is 2. The second-order valence-corrected chi connectivity index (χ2v) is 16.8. The van der Waals surface area contributed by atoms with Gasteiger partial charge in [-0.05, 0) is 150 Å². The topological polar surface area (TPSA) is 40.6 Å². The van der Waals surface area contributed by atoms with Gasteiger partial charge in [-0.2, -0.15) is 0 Å². The van der Waals surface area contributed by atoms with Crippen molar-refractivity contribution in [1.29, 1.82) is 0 Å². The van der Waals surface area contributed by atoms with E-state index in [1.165, 1.54) is 77.0 Å². The van der Waals surface area contributed by atoms with Gasteiger partial charge in [0.05, 0.1) is 12.1 Å². The van der Waals surface area contributed by atoms with E-state index in [-0.39, 0.29) is 35.0 Å². The van der Waals surface area contributed by atoms with Gasteiger partial charge in [0, 0.05) is 22.2 Å². The van der Waals surface area contributed by atoms with Crippen molar-refractivity contribution in [2.24, 2.45) is 35.5 Å². The van der Waals surface area contributed by atoms with Crippen LogP contribution in [0.4, 0.5) is 0 Å². The lowest BCUT2D eigenvalue weighted by molar-refractivity contribution is -0.127. The highest BCUT2D eigenvalue weighted by molar-refractivity contribution is 5.96. The number of hydrogen-bond donors (Lipinski definition) is 0. The molecular weight excluding hydrogens is 540 g/mol. The first-order valence-corrected chi connectivity index (χ1v) is 18.3. The zero-order valence-corrected chi connectivity index (χ0v) is 26.4. The molecule has 0 N–H and O–H groups in total. The van der Waals surface area contributed by atoms with Crippen LogP contribution in [0.2, 0.25) is 0 Å². The lowest BCUT2D eigenvalue weighted by Gasteiger charge is -2.66. The first-order valence-electron chi connectivity index (χ1n) is 18.3. The maximum atomic E-state index is 15.0. The number of carbonyl (C=O) groups is 2. The fourth-order valence-corrected chi connectivity index (χ4v) is 13.3. The van der Waals surface area contributed by atoms with Crippen molar-refractivity contribution in [2.75, 3.05) is 0 Å². The molecule has 9 fully saturated rings. The molecule has 0 spiro atoms. The van der Waals surface area contributed by atoms with Crippen LogP contribution in [0.5, 0.6) is 0 Å². The van der Waals surface area contributed by atoms with Gasteiger partial charge in [-0.25, -0.2) is 0 Å². The Morgan fingerprint density at radius 3 is 1.07 bits per heavy atom. The number of rotatable bonds is 6. The monoisotopic (exact) mass is 590 g/mol. The third-order valence-corrected chi connectivity index (χ3v) is 13.9. The van der Waals surface area contributed by atoms with Crippen LogP contribution in [-0.4, -0.2) is 44.8 Å². The number of nitrogens with zero attached hydrogens (tertiary/aromatic N) is 2. The molecule has 0 radical (unpaired) electrons. The molecule has 2 aromatic rings. The summed E-state index contributed by atoms with van der Waals surface area (Å²) < 4.78 is 0. The highest BCUT2D eigenvalue weighted by atomic mass is 16.2. The van der Waals surface area contributed by atoms with Crippen LogP contribution >= 0.6 is 0 Å². The maximum Gasteiger partial charge on any atom is 0.254 e. The predicted molar refractivity (Wildman–Crippen MR) is 173 cm³/mol. The van der Waals surface area contributed by atoms with E-state index in [1.807, 2.05) is 60.7 Å². The summed E-state index contributed by atoms with van der Waals surface area (Å²) in [6, 6.07) is 20.5. The van der Waals surface area contributed by atoms with Gasteiger partial charge in [0.25, 0.3) is 11.8 Å². The van der Waals surface area contributed by atoms with E-state index in [0.717, 1.165) is 72.3 Å². The van der Waals surface area contributed by atoms with Crippen molar-refractivity contribution in [3.05, 3.63) is 71.8 Å². The summed E-state index contributed by atoms with van der Waals surface area (Å²) in [6.07, 6.45) is 19.6. The van der Waals surface area contributed by atoms with Crippen LogP contribution in [0.1, 0.15) is 123 Å². The molecule has 2 amide bonds. The standard InChI is InChI=1S/C40H50N2O2/c43-37(33-9-3-1-4-10-33)41(39-21-27-15-28(22-39)17-29(16-27)23-39)35-13-7-8-14-36(35)42(38(44)34-11-5-2-6-12-34)40-24-30-18-31(25-40)20-32(19-30)26-40/h1-6,9-12,27-32,35-36H,7-8,13-26H2. The van der Waals surface area contributed by atoms with Crippen LogP contribution in [0.25, 0.3) is 0 Å². The van der Waals surface area contributed by atoms with E-state index in [0.29, 0.717) is 0 Å². The first-order chi connectivity index (χ1) is 21.5. The molecule has 9 aliphatic rings. The van der Waals surface area contributed by atoms with Gasteiger partial charge in [-0.1, -0.05) is 49.2 Å². The third-order valence-electron chi connectivity index (χ3n) is 13.9. The second kappa shape index (κ2) is 10.5. The Kier molecular flexibility index (Phi) is 6.58. The molecule has 11 rings (SSSR count). The molecular formula is C40H50N2O2. The highest BCUT2D eigenvalue weighted by Gasteiger charge is 2.61. The summed E-state index contributed by atoms with van der Waals surface area (Å²) in [6.45, 7) is 0. The number of amides is 2. The summed E-state index contributed by atoms with van der Waals surface area (Å²) in [4.78, 5) is 35.1. The van der Waals surface area contributed by atoms with Gasteiger partial charge in [0.1, 0.15) is 0 Å². The predicted octanol–water partition coefficient (Wildman–Crippen LogP) is 8.52. The van der Waals surface area contributed by atoms with Crippen molar-refractivity contribution in [1.82, 2.24) is 9.80 Å². The molecule has 9 saturated carbocycles. The zero-order chi connectivity index (χ0) is 29.5. The van der Waals surface area contributed by atoms with Crippen LogP contribution in [0.15, 0.2) is 60.7 Å². The third kappa shape index (κ3) is 4.43. The molecule has 0 aliphatic heterocycles. The van der Waals surface area contributed by atoms with Crippen molar-refractivity contribution < 1.29 is 9.59 Å². The van der Waals surface area contributed by atoms with Crippen molar-refractivity contribution in [3.63, 3.8) is 0 Å². The smallest absolute Gasteiger partial charge is 0.254 e. The molecule has 2 unspecified atom stereocenters. The largest absolute Gasteiger partial charge is 0.328 e. The molecule has 0 aromatic heterocycles. The van der Waals surface area contributed by atoms with E-state index in [1.54, 1.807) is 0 Å². The molecule has 44 heavy (non-hydrogen) atoms. The fraction of sp³-hybridized carbons (Fsp3) is 0.650. The van der Waals surface area contributed by atoms with E-state index < -0.39 is 0 Å². The minimum Gasteiger partial charge on any atom is -0.328 e. The summed E-state index contributed by atoms with van der Waals surface area (Å²) in [5.74, 6) is 5.06. The Morgan fingerprint density at radius 2 is 0.773 bits per heavy atom. The normalized spacial score (nSPS) is 41.5. The van der Waals surface area contributed by atoms with Gasteiger partial charge in [0.15, 0.2) is 0 Å². The van der Waals surface area contributed by atoms with Gasteiger partial charge >= 0.3 is 0 Å². The molecule has 4 heteroatoms. The summed E-state index contributed by atoms with van der Waals surface area (Å²) in [5.41, 5.74) is 1.57. The average molecular weight is 591 g/mol. The lowest BCUT2D eigenvalue weighted by atomic mass is 9.51. The zero-order valence-electron chi connectivity index (χ0n) is 26.4. The van der Waals surface area contributed by atoms with Crippen LogP contribution < -0.4 is 0 Å². The quantitative estimate of drug-likeness (QED) is 0.338. The molecule has 2 atom stereocenters. The molecule has 0 heterocycles. The molecule has 2 aromatic carbocycles.